The van der Waals surface area contributed by atoms with Gasteiger partial charge in [-0.25, -0.2) is 4.90 Å². The monoisotopic (exact) mass is 509 g/mol. The summed E-state index contributed by atoms with van der Waals surface area (Å²) in [6.45, 7) is 2.04. The van der Waals surface area contributed by atoms with Gasteiger partial charge in [0.05, 0.1) is 30.6 Å². The molecule has 0 N–H and O–H groups in total. The number of carbonyl (C=O) groups is 3. The third kappa shape index (κ3) is 3.13. The Morgan fingerprint density at radius 1 is 0.868 bits per heavy atom. The molecule has 2 amide bonds. The van der Waals surface area contributed by atoms with Crippen LogP contribution in [0.1, 0.15) is 22.6 Å². The summed E-state index contributed by atoms with van der Waals surface area (Å²) in [5.41, 5.74) is 3.55. The van der Waals surface area contributed by atoms with Gasteiger partial charge in [-0.2, -0.15) is 0 Å². The van der Waals surface area contributed by atoms with E-state index in [1.54, 1.807) is 24.3 Å². The SMILES string of the molecule is COc1ccccc1N1C(=O)[C@@H]2[C@@H]3C(=O)Oc4cc(C)ccc4C3=C[C@@H](c3ccc4c(c3)OCO4)[C@@H]2C1=O. The van der Waals surface area contributed by atoms with Crippen molar-refractivity contribution in [2.24, 2.45) is 17.8 Å². The quantitative estimate of drug-likeness (QED) is 0.296. The maximum atomic E-state index is 14.1. The minimum Gasteiger partial charge on any atom is -0.495 e. The predicted octanol–water partition coefficient (Wildman–Crippen LogP) is 4.25. The smallest absolute Gasteiger partial charge is 0.319 e. The van der Waals surface area contributed by atoms with Crippen molar-refractivity contribution in [1.82, 2.24) is 0 Å². The highest BCUT2D eigenvalue weighted by molar-refractivity contribution is 6.25. The minimum absolute atomic E-state index is 0.121. The second kappa shape index (κ2) is 8.21. The van der Waals surface area contributed by atoms with Crippen LogP contribution in [0, 0.1) is 24.7 Å². The van der Waals surface area contributed by atoms with Crippen molar-refractivity contribution in [1.29, 1.82) is 0 Å². The van der Waals surface area contributed by atoms with Gasteiger partial charge < -0.3 is 18.9 Å². The molecule has 1 aliphatic carbocycles. The van der Waals surface area contributed by atoms with Gasteiger partial charge in [0, 0.05) is 11.5 Å². The molecule has 0 spiro atoms. The molecule has 3 heterocycles. The first kappa shape index (κ1) is 22.6. The Hall–Kier alpha value is -4.59. The van der Waals surface area contributed by atoms with Crippen LogP contribution in [0.3, 0.4) is 0 Å². The lowest BCUT2D eigenvalue weighted by molar-refractivity contribution is -0.142. The Balaban J connectivity index is 1.43. The van der Waals surface area contributed by atoms with Gasteiger partial charge in [0.15, 0.2) is 11.5 Å². The van der Waals surface area contributed by atoms with Crippen molar-refractivity contribution in [3.8, 4) is 23.0 Å². The third-order valence-corrected chi connectivity index (χ3v) is 7.86. The maximum Gasteiger partial charge on any atom is 0.319 e. The molecule has 8 heteroatoms. The number of nitrogens with zero attached hydrogens (tertiary/aromatic N) is 1. The summed E-state index contributed by atoms with van der Waals surface area (Å²) in [6.07, 6.45) is 1.95. The summed E-state index contributed by atoms with van der Waals surface area (Å²) < 4.78 is 22.3. The van der Waals surface area contributed by atoms with Gasteiger partial charge in [0.1, 0.15) is 11.5 Å². The summed E-state index contributed by atoms with van der Waals surface area (Å²) in [5.74, 6) is -2.46. The number of anilines is 1. The number of amides is 2. The van der Waals surface area contributed by atoms with Gasteiger partial charge >= 0.3 is 5.97 Å². The van der Waals surface area contributed by atoms with E-state index in [0.717, 1.165) is 16.7 Å². The van der Waals surface area contributed by atoms with E-state index in [-0.39, 0.29) is 12.7 Å². The average Bonchev–Trinajstić information content (AvgIpc) is 3.49. The van der Waals surface area contributed by atoms with E-state index in [4.69, 9.17) is 18.9 Å². The number of carbonyl (C=O) groups excluding carboxylic acids is 3. The molecule has 7 rings (SSSR count). The van der Waals surface area contributed by atoms with Crippen molar-refractivity contribution < 1.29 is 33.3 Å². The average molecular weight is 510 g/mol. The van der Waals surface area contributed by atoms with E-state index >= 15 is 0 Å². The number of ether oxygens (including phenoxy) is 4. The van der Waals surface area contributed by atoms with Crippen LogP contribution in [0.5, 0.6) is 23.0 Å². The molecular weight excluding hydrogens is 486 g/mol. The Labute approximate surface area is 218 Å². The van der Waals surface area contributed by atoms with Crippen LogP contribution in [0.2, 0.25) is 0 Å². The van der Waals surface area contributed by atoms with Crippen LogP contribution in [-0.2, 0) is 14.4 Å². The normalized spacial score (nSPS) is 24.8. The summed E-state index contributed by atoms with van der Waals surface area (Å²) in [4.78, 5) is 42.9. The molecule has 0 saturated carbocycles. The zero-order chi connectivity index (χ0) is 26.1. The Bertz CT molecular complexity index is 1570. The lowest BCUT2D eigenvalue weighted by Crippen LogP contribution is -2.42. The van der Waals surface area contributed by atoms with Crippen LogP contribution in [0.4, 0.5) is 5.69 Å². The summed E-state index contributed by atoms with van der Waals surface area (Å²) in [6, 6.07) is 18.1. The molecule has 1 fully saturated rings. The lowest BCUT2D eigenvalue weighted by atomic mass is 9.64. The molecule has 3 aliphatic heterocycles. The maximum absolute atomic E-state index is 14.1. The standard InChI is InChI=1S/C30H23NO7/c1-15-7-9-17-19-13-18(16-8-10-22-24(12-16)37-14-36-22)25-27(26(19)30(34)38-23(17)11-15)29(33)31(28(25)32)20-5-3-4-6-21(20)35-2/h3-13,18,25-27H,14H2,1-2H3/t18-,25-,26+,27-/m0/s1. The predicted molar refractivity (Wildman–Crippen MR) is 136 cm³/mol. The molecule has 0 radical (unpaired) electrons. The highest BCUT2D eigenvalue weighted by atomic mass is 16.7. The molecule has 38 heavy (non-hydrogen) atoms. The van der Waals surface area contributed by atoms with E-state index in [2.05, 4.69) is 0 Å². The number of imide groups is 1. The van der Waals surface area contributed by atoms with Crippen LogP contribution in [0.15, 0.2) is 66.7 Å². The van der Waals surface area contributed by atoms with Crippen LogP contribution >= 0.6 is 0 Å². The number of fused-ring (bicyclic) bond motifs is 6. The highest BCUT2D eigenvalue weighted by Gasteiger charge is 2.60. The van der Waals surface area contributed by atoms with Crippen molar-refractivity contribution in [3.63, 3.8) is 0 Å². The second-order valence-corrected chi connectivity index (χ2v) is 9.89. The molecule has 0 bridgehead atoms. The molecule has 0 unspecified atom stereocenters. The van der Waals surface area contributed by atoms with E-state index in [0.29, 0.717) is 34.3 Å². The zero-order valence-electron chi connectivity index (χ0n) is 20.7. The van der Waals surface area contributed by atoms with Crippen molar-refractivity contribution in [2.45, 2.75) is 12.8 Å². The fraction of sp³-hybridized carbons (Fsp3) is 0.233. The number of methoxy groups -OCH3 is 1. The number of hydrogen-bond acceptors (Lipinski definition) is 7. The molecule has 0 aromatic heterocycles. The number of rotatable bonds is 3. The molecular formula is C30H23NO7. The van der Waals surface area contributed by atoms with Crippen molar-refractivity contribution in [3.05, 3.63) is 83.4 Å². The van der Waals surface area contributed by atoms with Gasteiger partial charge in [0.25, 0.3) is 0 Å². The lowest BCUT2D eigenvalue weighted by Gasteiger charge is -2.38. The Kier molecular flexibility index (Phi) is 4.88. The minimum atomic E-state index is -0.940. The fourth-order valence-electron chi connectivity index (χ4n) is 6.17. The number of aryl methyl sites for hydroxylation is 1. The number of hydrogen-bond donors (Lipinski definition) is 0. The summed E-state index contributed by atoms with van der Waals surface area (Å²) in [7, 11) is 1.49. The largest absolute Gasteiger partial charge is 0.495 e. The molecule has 8 nitrogen and oxygen atoms in total. The second-order valence-electron chi connectivity index (χ2n) is 9.89. The zero-order valence-corrected chi connectivity index (χ0v) is 20.7. The summed E-state index contributed by atoms with van der Waals surface area (Å²) in [5, 5.41) is 0. The highest BCUT2D eigenvalue weighted by Crippen LogP contribution is 2.55. The van der Waals surface area contributed by atoms with Gasteiger partial charge in [0.2, 0.25) is 18.6 Å². The van der Waals surface area contributed by atoms with Crippen molar-refractivity contribution in [2.75, 3.05) is 18.8 Å². The van der Waals surface area contributed by atoms with Gasteiger partial charge in [-0.15, -0.1) is 0 Å². The van der Waals surface area contributed by atoms with Crippen LogP contribution < -0.4 is 23.8 Å². The number of allylic oxidation sites excluding steroid dienone is 1. The summed E-state index contributed by atoms with van der Waals surface area (Å²) >= 11 is 0. The van der Waals surface area contributed by atoms with E-state index < -0.39 is 35.5 Å². The topological polar surface area (TPSA) is 91.4 Å². The van der Waals surface area contributed by atoms with E-state index in [9.17, 15) is 14.4 Å². The van der Waals surface area contributed by atoms with E-state index in [1.165, 1.54) is 12.0 Å². The molecule has 3 aromatic carbocycles. The van der Waals surface area contributed by atoms with Gasteiger partial charge in [-0.1, -0.05) is 36.4 Å². The number of esters is 1. The molecule has 190 valence electrons. The first-order valence-electron chi connectivity index (χ1n) is 12.4. The van der Waals surface area contributed by atoms with Gasteiger partial charge in [-0.3, -0.25) is 14.4 Å². The first-order chi connectivity index (χ1) is 18.5. The third-order valence-electron chi connectivity index (χ3n) is 7.86. The molecule has 4 atom stereocenters. The Morgan fingerprint density at radius 3 is 2.50 bits per heavy atom. The first-order valence-corrected chi connectivity index (χ1v) is 12.4. The van der Waals surface area contributed by atoms with Crippen LogP contribution in [0.25, 0.3) is 5.57 Å². The van der Waals surface area contributed by atoms with Gasteiger partial charge in [-0.05, 0) is 54.0 Å². The molecule has 4 aliphatic rings. The molecule has 1 saturated heterocycles. The Morgan fingerprint density at radius 2 is 1.66 bits per heavy atom. The van der Waals surface area contributed by atoms with Crippen molar-refractivity contribution >= 4 is 29.0 Å². The number of para-hydroxylation sites is 2. The number of benzene rings is 3. The van der Waals surface area contributed by atoms with E-state index in [1.807, 2.05) is 49.4 Å². The fourth-order valence-corrected chi connectivity index (χ4v) is 6.17. The van der Waals surface area contributed by atoms with Crippen LogP contribution in [-0.4, -0.2) is 31.7 Å². The molecule has 3 aromatic rings.